The summed E-state index contributed by atoms with van der Waals surface area (Å²) in [4.78, 5) is 2.38. The highest BCUT2D eigenvalue weighted by molar-refractivity contribution is 5.06. The van der Waals surface area contributed by atoms with Crippen molar-refractivity contribution < 1.29 is 0 Å². The lowest BCUT2D eigenvalue weighted by atomic mass is 9.75. The summed E-state index contributed by atoms with van der Waals surface area (Å²) in [5.41, 5.74) is 1.78. The number of hydrogen-bond acceptors (Lipinski definition) is 2. The number of aryl methyl sites for hydroxylation is 1. The number of nitrogens with zero attached hydrogens (tertiary/aromatic N) is 2. The van der Waals surface area contributed by atoms with E-state index in [9.17, 15) is 0 Å². The predicted molar refractivity (Wildman–Crippen MR) is 67.4 cm³/mol. The monoisotopic (exact) mass is 221 g/mol. The highest BCUT2D eigenvalue weighted by atomic mass is 15.2. The minimum absolute atomic E-state index is 0.422. The van der Waals surface area contributed by atoms with Crippen molar-refractivity contribution in [2.24, 2.45) is 7.05 Å². The molecule has 1 fully saturated rings. The summed E-state index contributed by atoms with van der Waals surface area (Å²) in [5, 5.41) is 3.59. The van der Waals surface area contributed by atoms with E-state index in [-0.39, 0.29) is 0 Å². The molecule has 1 aromatic rings. The van der Waals surface area contributed by atoms with Crippen molar-refractivity contribution in [1.82, 2.24) is 14.8 Å². The number of nitrogens with one attached hydrogen (secondary N) is 1. The van der Waals surface area contributed by atoms with Crippen molar-refractivity contribution in [1.29, 1.82) is 0 Å². The van der Waals surface area contributed by atoms with Gasteiger partial charge in [-0.25, -0.2) is 0 Å². The topological polar surface area (TPSA) is 20.2 Å². The molecule has 16 heavy (non-hydrogen) atoms. The molecule has 1 N–H and O–H groups in total. The molecule has 0 atom stereocenters. The van der Waals surface area contributed by atoms with E-state index in [0.717, 1.165) is 13.1 Å². The lowest BCUT2D eigenvalue weighted by Crippen LogP contribution is -2.56. The maximum absolute atomic E-state index is 3.59. The maximum atomic E-state index is 3.59. The van der Waals surface area contributed by atoms with Crippen molar-refractivity contribution in [3.05, 3.63) is 24.0 Å². The normalized spacial score (nSPS) is 18.8. The molecule has 0 aromatic carbocycles. The van der Waals surface area contributed by atoms with Gasteiger partial charge in [0.25, 0.3) is 0 Å². The van der Waals surface area contributed by atoms with Crippen LogP contribution in [-0.2, 0) is 13.6 Å². The van der Waals surface area contributed by atoms with Crippen molar-refractivity contribution in [2.75, 3.05) is 20.6 Å². The highest BCUT2D eigenvalue weighted by Gasteiger charge is 2.38. The molecule has 0 bridgehead atoms. The van der Waals surface area contributed by atoms with Gasteiger partial charge in [0.1, 0.15) is 0 Å². The van der Waals surface area contributed by atoms with Crippen molar-refractivity contribution in [3.63, 3.8) is 0 Å². The molecule has 1 aliphatic carbocycles. The van der Waals surface area contributed by atoms with E-state index in [0.29, 0.717) is 5.54 Å². The standard InChI is InChI=1S/C13H23N3/c1-15(2)13(7-5-8-13)11-14-10-12-6-4-9-16(12)3/h4,6,9,14H,5,7-8,10-11H2,1-3H3. The molecule has 0 unspecified atom stereocenters. The molecule has 1 aromatic heterocycles. The Kier molecular flexibility index (Phi) is 3.36. The van der Waals surface area contributed by atoms with Crippen LogP contribution in [0.1, 0.15) is 25.0 Å². The van der Waals surface area contributed by atoms with Gasteiger partial charge in [0, 0.05) is 37.6 Å². The Morgan fingerprint density at radius 1 is 1.44 bits per heavy atom. The Morgan fingerprint density at radius 3 is 2.62 bits per heavy atom. The molecule has 3 heteroatoms. The summed E-state index contributed by atoms with van der Waals surface area (Å²) < 4.78 is 2.18. The second-order valence-corrected chi connectivity index (χ2v) is 5.19. The van der Waals surface area contributed by atoms with Crippen LogP contribution in [0.15, 0.2) is 18.3 Å². The number of hydrogen-bond donors (Lipinski definition) is 1. The fraction of sp³-hybridized carbons (Fsp3) is 0.692. The van der Waals surface area contributed by atoms with E-state index in [1.165, 1.54) is 25.0 Å². The fourth-order valence-electron chi connectivity index (χ4n) is 2.47. The summed E-state index contributed by atoms with van der Waals surface area (Å²) in [7, 11) is 6.49. The first-order valence-electron chi connectivity index (χ1n) is 6.12. The zero-order valence-corrected chi connectivity index (χ0v) is 10.7. The van der Waals surface area contributed by atoms with Gasteiger partial charge < -0.3 is 14.8 Å². The zero-order chi connectivity index (χ0) is 11.6. The molecular formula is C13H23N3. The lowest BCUT2D eigenvalue weighted by Gasteiger charge is -2.47. The van der Waals surface area contributed by atoms with Gasteiger partial charge in [-0.15, -0.1) is 0 Å². The molecule has 2 rings (SSSR count). The van der Waals surface area contributed by atoms with Crippen LogP contribution >= 0.6 is 0 Å². The average Bonchev–Trinajstić information content (AvgIpc) is 2.55. The molecular weight excluding hydrogens is 198 g/mol. The van der Waals surface area contributed by atoms with Crippen molar-refractivity contribution >= 4 is 0 Å². The van der Waals surface area contributed by atoms with Gasteiger partial charge in [-0.1, -0.05) is 0 Å². The molecule has 3 nitrogen and oxygen atoms in total. The molecule has 0 saturated heterocycles. The zero-order valence-electron chi connectivity index (χ0n) is 10.7. The summed E-state index contributed by atoms with van der Waals surface area (Å²) >= 11 is 0. The molecule has 1 saturated carbocycles. The van der Waals surface area contributed by atoms with E-state index in [2.05, 4.69) is 54.3 Å². The maximum Gasteiger partial charge on any atom is 0.0359 e. The fourth-order valence-corrected chi connectivity index (χ4v) is 2.47. The molecule has 0 aliphatic heterocycles. The van der Waals surface area contributed by atoms with E-state index in [1.54, 1.807) is 0 Å². The Morgan fingerprint density at radius 2 is 2.19 bits per heavy atom. The number of rotatable bonds is 5. The lowest BCUT2D eigenvalue weighted by molar-refractivity contribution is 0.0597. The molecule has 1 heterocycles. The minimum Gasteiger partial charge on any atom is -0.353 e. The molecule has 0 radical (unpaired) electrons. The van der Waals surface area contributed by atoms with Crippen LogP contribution in [-0.4, -0.2) is 35.6 Å². The SMILES string of the molecule is CN(C)C1(CNCc2cccn2C)CCC1. The highest BCUT2D eigenvalue weighted by Crippen LogP contribution is 2.35. The van der Waals surface area contributed by atoms with Gasteiger partial charge in [0.15, 0.2) is 0 Å². The first-order chi connectivity index (χ1) is 7.64. The Hall–Kier alpha value is -0.800. The van der Waals surface area contributed by atoms with Gasteiger partial charge in [-0.3, -0.25) is 0 Å². The third-order valence-corrected chi connectivity index (χ3v) is 4.04. The Labute approximate surface area is 98.4 Å². The summed E-state index contributed by atoms with van der Waals surface area (Å²) in [6.45, 7) is 2.07. The first-order valence-corrected chi connectivity index (χ1v) is 6.12. The number of aromatic nitrogens is 1. The van der Waals surface area contributed by atoms with E-state index in [1.807, 2.05) is 0 Å². The largest absolute Gasteiger partial charge is 0.353 e. The third-order valence-electron chi connectivity index (χ3n) is 4.04. The minimum atomic E-state index is 0.422. The molecule has 1 aliphatic rings. The Bertz CT molecular complexity index is 337. The van der Waals surface area contributed by atoms with Crippen LogP contribution in [0, 0.1) is 0 Å². The molecule has 0 amide bonds. The van der Waals surface area contributed by atoms with Crippen molar-refractivity contribution in [2.45, 2.75) is 31.3 Å². The van der Waals surface area contributed by atoms with Gasteiger partial charge in [0.2, 0.25) is 0 Å². The quantitative estimate of drug-likeness (QED) is 0.815. The van der Waals surface area contributed by atoms with Crippen molar-refractivity contribution in [3.8, 4) is 0 Å². The van der Waals surface area contributed by atoms with Crippen LogP contribution in [0.3, 0.4) is 0 Å². The molecule has 90 valence electrons. The second kappa shape index (κ2) is 4.60. The third kappa shape index (κ3) is 2.15. The summed E-state index contributed by atoms with van der Waals surface area (Å²) in [5.74, 6) is 0. The smallest absolute Gasteiger partial charge is 0.0359 e. The Balaban J connectivity index is 1.82. The van der Waals surface area contributed by atoms with E-state index >= 15 is 0 Å². The molecule has 0 spiro atoms. The van der Waals surface area contributed by atoms with Gasteiger partial charge in [-0.05, 0) is 45.5 Å². The van der Waals surface area contributed by atoms with Gasteiger partial charge in [0.05, 0.1) is 0 Å². The van der Waals surface area contributed by atoms with Crippen LogP contribution in [0.25, 0.3) is 0 Å². The number of likely N-dealkylation sites (N-methyl/N-ethyl adjacent to an activating group) is 1. The van der Waals surface area contributed by atoms with Gasteiger partial charge in [-0.2, -0.15) is 0 Å². The first kappa shape index (κ1) is 11.7. The van der Waals surface area contributed by atoms with Crippen LogP contribution < -0.4 is 5.32 Å². The predicted octanol–water partition coefficient (Wildman–Crippen LogP) is 1.60. The van der Waals surface area contributed by atoms with E-state index in [4.69, 9.17) is 0 Å². The second-order valence-electron chi connectivity index (χ2n) is 5.19. The van der Waals surface area contributed by atoms with Crippen LogP contribution in [0.4, 0.5) is 0 Å². The van der Waals surface area contributed by atoms with Crippen LogP contribution in [0.5, 0.6) is 0 Å². The summed E-state index contributed by atoms with van der Waals surface area (Å²) in [6, 6.07) is 4.28. The van der Waals surface area contributed by atoms with E-state index < -0.39 is 0 Å². The van der Waals surface area contributed by atoms with Crippen LogP contribution in [0.2, 0.25) is 0 Å². The average molecular weight is 221 g/mol. The van der Waals surface area contributed by atoms with Gasteiger partial charge >= 0.3 is 0 Å². The summed E-state index contributed by atoms with van der Waals surface area (Å²) in [6.07, 6.45) is 6.15.